The number of nitro groups is 1. The number of para-hydroxylation sites is 1. The van der Waals surface area contributed by atoms with E-state index in [-0.39, 0.29) is 17.5 Å². The first-order valence-electron chi connectivity index (χ1n) is 8.80. The SMILES string of the molecule is CCCC[C@@H](C=O)NC(=O)[C@H](CC(C)C)NSc1ccccc1[N+](=O)[O-]. The zero-order valence-corrected chi connectivity index (χ0v) is 16.3. The molecule has 2 atom stereocenters. The molecule has 0 aliphatic carbocycles. The smallest absolute Gasteiger partial charge is 0.284 e. The number of nitrogens with zero attached hydrogens (tertiary/aromatic N) is 1. The number of nitrogens with one attached hydrogen (secondary N) is 2. The zero-order valence-electron chi connectivity index (χ0n) is 15.4. The lowest BCUT2D eigenvalue weighted by Gasteiger charge is -2.21. The number of carbonyl (C=O) groups excluding carboxylic acids is 2. The fourth-order valence-corrected chi connectivity index (χ4v) is 3.26. The summed E-state index contributed by atoms with van der Waals surface area (Å²) in [5.74, 6) is -0.0204. The van der Waals surface area contributed by atoms with Crippen molar-refractivity contribution in [2.45, 2.75) is 63.4 Å². The van der Waals surface area contributed by atoms with E-state index in [0.29, 0.717) is 17.7 Å². The molecule has 8 heteroatoms. The summed E-state index contributed by atoms with van der Waals surface area (Å²) in [7, 11) is 0. The first-order chi connectivity index (χ1) is 12.4. The van der Waals surface area contributed by atoms with Crippen LogP contribution >= 0.6 is 11.9 Å². The van der Waals surface area contributed by atoms with Crippen LogP contribution in [0.1, 0.15) is 46.5 Å². The minimum absolute atomic E-state index is 0.0116. The van der Waals surface area contributed by atoms with Gasteiger partial charge in [0.1, 0.15) is 11.2 Å². The van der Waals surface area contributed by atoms with Crippen molar-refractivity contribution in [3.8, 4) is 0 Å². The van der Waals surface area contributed by atoms with Gasteiger partial charge in [0.05, 0.1) is 17.0 Å². The monoisotopic (exact) mass is 381 g/mol. The van der Waals surface area contributed by atoms with Crippen molar-refractivity contribution in [3.05, 3.63) is 34.4 Å². The van der Waals surface area contributed by atoms with Gasteiger partial charge in [-0.05, 0) is 36.8 Å². The van der Waals surface area contributed by atoms with E-state index in [2.05, 4.69) is 10.0 Å². The van der Waals surface area contributed by atoms with Gasteiger partial charge in [-0.15, -0.1) is 0 Å². The third-order valence-corrected chi connectivity index (χ3v) is 4.72. The Hall–Kier alpha value is -1.93. The molecule has 1 amide bonds. The maximum Gasteiger partial charge on any atom is 0.284 e. The quantitative estimate of drug-likeness (QED) is 0.249. The van der Waals surface area contributed by atoms with Crippen molar-refractivity contribution in [3.63, 3.8) is 0 Å². The van der Waals surface area contributed by atoms with Gasteiger partial charge >= 0.3 is 0 Å². The van der Waals surface area contributed by atoms with Crippen LogP contribution in [-0.4, -0.2) is 29.2 Å². The second-order valence-corrected chi connectivity index (χ2v) is 7.40. The van der Waals surface area contributed by atoms with Crippen LogP contribution in [0.25, 0.3) is 0 Å². The van der Waals surface area contributed by atoms with E-state index < -0.39 is 17.0 Å². The third kappa shape index (κ3) is 7.53. The molecule has 0 aromatic heterocycles. The van der Waals surface area contributed by atoms with Gasteiger partial charge in [0, 0.05) is 6.07 Å². The van der Waals surface area contributed by atoms with Gasteiger partial charge in [-0.3, -0.25) is 14.9 Å². The Kier molecular flexibility index (Phi) is 9.90. The second kappa shape index (κ2) is 11.6. The second-order valence-electron chi connectivity index (χ2n) is 6.52. The summed E-state index contributed by atoms with van der Waals surface area (Å²) in [4.78, 5) is 34.8. The van der Waals surface area contributed by atoms with Gasteiger partial charge in [-0.2, -0.15) is 0 Å². The summed E-state index contributed by atoms with van der Waals surface area (Å²) in [6.07, 6.45) is 3.73. The molecule has 0 bridgehead atoms. The highest BCUT2D eigenvalue weighted by Gasteiger charge is 2.23. The maximum atomic E-state index is 12.6. The van der Waals surface area contributed by atoms with Gasteiger partial charge in [0.25, 0.3) is 5.69 Å². The predicted octanol–water partition coefficient (Wildman–Crippen LogP) is 3.48. The molecule has 0 fully saturated rings. The molecule has 7 nitrogen and oxygen atoms in total. The van der Waals surface area contributed by atoms with E-state index in [9.17, 15) is 19.7 Å². The van der Waals surface area contributed by atoms with Crippen LogP contribution in [-0.2, 0) is 9.59 Å². The molecule has 1 rings (SSSR count). The van der Waals surface area contributed by atoms with Crippen molar-refractivity contribution in [2.75, 3.05) is 0 Å². The van der Waals surface area contributed by atoms with E-state index in [4.69, 9.17) is 0 Å². The molecule has 0 unspecified atom stereocenters. The average Bonchev–Trinajstić information content (AvgIpc) is 2.61. The number of nitro benzene ring substituents is 1. The summed E-state index contributed by atoms with van der Waals surface area (Å²) in [5, 5.41) is 13.9. The molecule has 0 aliphatic rings. The number of carbonyl (C=O) groups is 2. The van der Waals surface area contributed by atoms with Crippen LogP contribution in [0, 0.1) is 16.0 Å². The van der Waals surface area contributed by atoms with Crippen LogP contribution in [0.3, 0.4) is 0 Å². The van der Waals surface area contributed by atoms with Crippen LogP contribution in [0.4, 0.5) is 5.69 Å². The molecule has 144 valence electrons. The molecule has 0 saturated heterocycles. The van der Waals surface area contributed by atoms with Gasteiger partial charge in [-0.25, -0.2) is 4.72 Å². The number of rotatable bonds is 12. The number of aldehydes is 1. The molecule has 0 radical (unpaired) electrons. The summed E-state index contributed by atoms with van der Waals surface area (Å²) in [6.45, 7) is 6.01. The van der Waals surface area contributed by atoms with E-state index in [1.807, 2.05) is 20.8 Å². The van der Waals surface area contributed by atoms with E-state index >= 15 is 0 Å². The fraction of sp³-hybridized carbons (Fsp3) is 0.556. The predicted molar refractivity (Wildman–Crippen MR) is 103 cm³/mol. The Morgan fingerprint density at radius 1 is 1.35 bits per heavy atom. The van der Waals surface area contributed by atoms with Crippen LogP contribution in [0.5, 0.6) is 0 Å². The van der Waals surface area contributed by atoms with Crippen molar-refractivity contribution >= 4 is 29.8 Å². The van der Waals surface area contributed by atoms with Crippen LogP contribution < -0.4 is 10.0 Å². The molecule has 1 aromatic carbocycles. The lowest BCUT2D eigenvalue weighted by molar-refractivity contribution is -0.387. The lowest BCUT2D eigenvalue weighted by Crippen LogP contribution is -2.47. The Morgan fingerprint density at radius 2 is 2.04 bits per heavy atom. The van der Waals surface area contributed by atoms with Crippen LogP contribution in [0.15, 0.2) is 29.2 Å². The summed E-state index contributed by atoms with van der Waals surface area (Å²) in [5.41, 5.74) is -0.0116. The molecule has 0 aliphatic heterocycles. The fourth-order valence-electron chi connectivity index (χ4n) is 2.39. The Labute approximate surface area is 158 Å². The Balaban J connectivity index is 2.79. The molecular weight excluding hydrogens is 354 g/mol. The van der Waals surface area contributed by atoms with Gasteiger partial charge < -0.3 is 10.1 Å². The number of hydrogen-bond acceptors (Lipinski definition) is 6. The van der Waals surface area contributed by atoms with Crippen molar-refractivity contribution in [1.29, 1.82) is 0 Å². The summed E-state index contributed by atoms with van der Waals surface area (Å²) < 4.78 is 3.03. The number of unbranched alkanes of at least 4 members (excludes halogenated alkanes) is 1. The molecule has 2 N–H and O–H groups in total. The maximum absolute atomic E-state index is 12.6. The van der Waals surface area contributed by atoms with Crippen molar-refractivity contribution < 1.29 is 14.5 Å². The molecule has 0 heterocycles. The third-order valence-electron chi connectivity index (χ3n) is 3.76. The van der Waals surface area contributed by atoms with Crippen LogP contribution in [0.2, 0.25) is 0 Å². The highest BCUT2D eigenvalue weighted by molar-refractivity contribution is 7.97. The van der Waals surface area contributed by atoms with Gasteiger partial charge in [0.15, 0.2) is 0 Å². The van der Waals surface area contributed by atoms with Crippen molar-refractivity contribution in [2.24, 2.45) is 5.92 Å². The molecule has 0 spiro atoms. The standard InChI is InChI=1S/C18H27N3O4S/c1-4-5-8-14(12-22)19-18(23)15(11-13(2)3)20-26-17-10-7-6-9-16(17)21(24)25/h6-7,9-10,12-15,20H,4-5,8,11H2,1-3H3,(H,19,23)/t14-,15-/m0/s1. The van der Waals surface area contributed by atoms with Crippen molar-refractivity contribution in [1.82, 2.24) is 10.0 Å². The Morgan fingerprint density at radius 3 is 2.62 bits per heavy atom. The van der Waals surface area contributed by atoms with E-state index in [1.165, 1.54) is 6.07 Å². The lowest BCUT2D eigenvalue weighted by atomic mass is 10.0. The molecule has 0 saturated carbocycles. The van der Waals surface area contributed by atoms with E-state index in [0.717, 1.165) is 31.1 Å². The van der Waals surface area contributed by atoms with E-state index in [1.54, 1.807) is 18.2 Å². The van der Waals surface area contributed by atoms with Gasteiger partial charge in [0.2, 0.25) is 5.91 Å². The molecule has 1 aromatic rings. The van der Waals surface area contributed by atoms with Gasteiger partial charge in [-0.1, -0.05) is 45.7 Å². The molecule has 26 heavy (non-hydrogen) atoms. The minimum Gasteiger partial charge on any atom is -0.345 e. The summed E-state index contributed by atoms with van der Waals surface area (Å²) >= 11 is 1.07. The topological polar surface area (TPSA) is 101 Å². The normalized spacial score (nSPS) is 13.2. The summed E-state index contributed by atoms with van der Waals surface area (Å²) in [6, 6.07) is 5.31. The minimum atomic E-state index is -0.552. The largest absolute Gasteiger partial charge is 0.345 e. The first kappa shape index (κ1) is 22.1. The Bertz CT molecular complexity index is 610. The highest BCUT2D eigenvalue weighted by atomic mass is 32.2. The first-order valence-corrected chi connectivity index (χ1v) is 9.62. The molecular formula is C18H27N3O4S. The number of amides is 1. The number of hydrogen-bond donors (Lipinski definition) is 2. The average molecular weight is 381 g/mol. The highest BCUT2D eigenvalue weighted by Crippen LogP contribution is 2.27. The zero-order chi connectivity index (χ0) is 19.5. The number of benzene rings is 1.